The number of carbonyl (C=O) groups is 2. The summed E-state index contributed by atoms with van der Waals surface area (Å²) < 4.78 is 5.86. The second kappa shape index (κ2) is 6.99. The average Bonchev–Trinajstić information content (AvgIpc) is 2.99. The second-order valence-electron chi connectivity index (χ2n) is 11.0. The van der Waals surface area contributed by atoms with Gasteiger partial charge in [-0.25, -0.2) is 0 Å². The molecule has 0 aromatic heterocycles. The maximum atomic E-state index is 13.1. The molecule has 8 atom stereocenters. The highest BCUT2D eigenvalue weighted by molar-refractivity contribution is 5.83. The lowest BCUT2D eigenvalue weighted by molar-refractivity contribution is -0.161. The number of ether oxygens (including phenoxy) is 1. The predicted molar refractivity (Wildman–Crippen MR) is 111 cm³/mol. The van der Waals surface area contributed by atoms with Gasteiger partial charge in [-0.05, 0) is 74.0 Å². The van der Waals surface area contributed by atoms with Crippen LogP contribution in [0.1, 0.15) is 79.6 Å². The fourth-order valence-corrected chi connectivity index (χ4v) is 7.87. The summed E-state index contributed by atoms with van der Waals surface area (Å²) in [6.07, 6.45) is 12.1. The minimum absolute atomic E-state index is 0.0262. The number of rotatable bonds is 3. The Hall–Kier alpha value is -1.12. The molecule has 0 aromatic rings. The van der Waals surface area contributed by atoms with Crippen molar-refractivity contribution in [2.75, 3.05) is 0 Å². The second-order valence-corrected chi connectivity index (χ2v) is 11.0. The lowest BCUT2D eigenvalue weighted by atomic mass is 9.45. The minimum atomic E-state index is -0.0783. The predicted octanol–water partition coefficient (Wildman–Crippen LogP) is 5.58. The van der Waals surface area contributed by atoms with Gasteiger partial charge in [-0.3, -0.25) is 9.59 Å². The summed E-state index contributed by atoms with van der Waals surface area (Å²) in [7, 11) is 0. The lowest BCUT2D eigenvalue weighted by Gasteiger charge is -2.59. The molecule has 0 spiro atoms. The van der Waals surface area contributed by atoms with Crippen LogP contribution >= 0.6 is 0 Å². The Morgan fingerprint density at radius 2 is 1.79 bits per heavy atom. The molecule has 4 rings (SSSR count). The Morgan fingerprint density at radius 1 is 1.07 bits per heavy atom. The van der Waals surface area contributed by atoms with Gasteiger partial charge in [0.1, 0.15) is 11.9 Å². The van der Waals surface area contributed by atoms with E-state index in [0.717, 1.165) is 25.7 Å². The molecule has 0 radical (unpaired) electrons. The van der Waals surface area contributed by atoms with E-state index < -0.39 is 0 Å². The Labute approximate surface area is 170 Å². The number of hydrogen-bond donors (Lipinski definition) is 0. The molecule has 4 aliphatic rings. The Bertz CT molecular complexity index is 679. The maximum Gasteiger partial charge on any atom is 0.308 e. The van der Waals surface area contributed by atoms with Gasteiger partial charge in [0, 0.05) is 18.3 Å². The van der Waals surface area contributed by atoms with Crippen molar-refractivity contribution < 1.29 is 14.3 Å². The van der Waals surface area contributed by atoms with Crippen molar-refractivity contribution in [1.29, 1.82) is 0 Å². The summed E-state index contributed by atoms with van der Waals surface area (Å²) >= 11 is 0. The van der Waals surface area contributed by atoms with Gasteiger partial charge >= 0.3 is 5.97 Å². The summed E-state index contributed by atoms with van der Waals surface area (Å²) in [6, 6.07) is 0. The van der Waals surface area contributed by atoms with Crippen molar-refractivity contribution in [2.45, 2.75) is 85.7 Å². The zero-order valence-electron chi connectivity index (χ0n) is 18.4. The quantitative estimate of drug-likeness (QED) is 0.470. The largest absolute Gasteiger partial charge is 0.462 e. The first-order chi connectivity index (χ1) is 13.2. The third-order valence-corrected chi connectivity index (χ3v) is 9.42. The van der Waals surface area contributed by atoms with Gasteiger partial charge in [0.2, 0.25) is 0 Å². The van der Waals surface area contributed by atoms with Gasteiger partial charge in [0.05, 0.1) is 5.92 Å². The summed E-state index contributed by atoms with van der Waals surface area (Å²) in [5, 5.41) is 0. The molecule has 0 unspecified atom stereocenters. The lowest BCUT2D eigenvalue weighted by Crippen LogP contribution is -2.55. The van der Waals surface area contributed by atoms with Crippen LogP contribution in [0.4, 0.5) is 0 Å². The van der Waals surface area contributed by atoms with Gasteiger partial charge < -0.3 is 4.74 Å². The molecule has 0 aliphatic heterocycles. The molecule has 0 bridgehead atoms. The highest BCUT2D eigenvalue weighted by Gasteiger charge is 2.62. The summed E-state index contributed by atoms with van der Waals surface area (Å²) in [6.45, 7) is 10.7. The minimum Gasteiger partial charge on any atom is -0.462 e. The molecule has 28 heavy (non-hydrogen) atoms. The van der Waals surface area contributed by atoms with Crippen LogP contribution in [0.3, 0.4) is 0 Å². The van der Waals surface area contributed by atoms with E-state index in [9.17, 15) is 9.59 Å². The first-order valence-corrected chi connectivity index (χ1v) is 11.6. The van der Waals surface area contributed by atoms with Crippen LogP contribution in [0.15, 0.2) is 12.2 Å². The van der Waals surface area contributed by atoms with Crippen molar-refractivity contribution in [2.24, 2.45) is 46.3 Å². The number of carbonyl (C=O) groups excluding carboxylic acids is 2. The third-order valence-electron chi connectivity index (χ3n) is 9.42. The average molecular weight is 387 g/mol. The van der Waals surface area contributed by atoms with Gasteiger partial charge in [0.15, 0.2) is 0 Å². The van der Waals surface area contributed by atoms with Gasteiger partial charge in [-0.2, -0.15) is 0 Å². The molecular weight excluding hydrogens is 348 g/mol. The number of Topliss-reactive ketones (excluding diaryl/α,β-unsaturated/α-hetero) is 1. The number of fused-ring (bicyclic) bond motifs is 5. The van der Waals surface area contributed by atoms with Crippen molar-refractivity contribution in [3.8, 4) is 0 Å². The highest BCUT2D eigenvalue weighted by atomic mass is 16.5. The summed E-state index contributed by atoms with van der Waals surface area (Å²) in [5.74, 6) is 2.83. The van der Waals surface area contributed by atoms with Crippen LogP contribution in [0.5, 0.6) is 0 Å². The van der Waals surface area contributed by atoms with E-state index in [1.54, 1.807) is 0 Å². The zero-order chi connectivity index (χ0) is 20.3. The Morgan fingerprint density at radius 3 is 2.50 bits per heavy atom. The molecule has 3 heteroatoms. The van der Waals surface area contributed by atoms with Crippen molar-refractivity contribution in [3.05, 3.63) is 12.2 Å². The summed E-state index contributed by atoms with van der Waals surface area (Å²) in [4.78, 5) is 25.3. The molecule has 0 saturated heterocycles. The van der Waals surface area contributed by atoms with Gasteiger partial charge in [0.25, 0.3) is 0 Å². The summed E-state index contributed by atoms with van der Waals surface area (Å²) in [5.41, 5.74) is 0.357. The first kappa shape index (κ1) is 20.2. The SMILES string of the molecule is CC(C)C(=O)O[C@H](C)[C@H]1CC[C@H]2[C@@H]3CC(=O)[C@H]4CC=CC[C@]4(C)[C@H]3CC[C@]12C. The molecule has 0 heterocycles. The van der Waals surface area contributed by atoms with E-state index >= 15 is 0 Å². The number of hydrogen-bond acceptors (Lipinski definition) is 3. The molecule has 3 nitrogen and oxygen atoms in total. The molecule has 0 amide bonds. The molecular formula is C25H38O3. The highest BCUT2D eigenvalue weighted by Crippen LogP contribution is 2.66. The van der Waals surface area contributed by atoms with E-state index in [2.05, 4.69) is 32.9 Å². The van der Waals surface area contributed by atoms with Crippen LogP contribution in [-0.4, -0.2) is 17.9 Å². The van der Waals surface area contributed by atoms with Crippen molar-refractivity contribution >= 4 is 11.8 Å². The fraction of sp³-hybridized carbons (Fsp3) is 0.840. The van der Waals surface area contributed by atoms with Crippen molar-refractivity contribution in [1.82, 2.24) is 0 Å². The standard InChI is InChI=1S/C25H38O3/c1-15(2)23(27)28-16(3)18-9-10-19-17-14-22(26)21-8-6-7-12-24(21,4)20(17)11-13-25(18,19)5/h6-7,15-21H,8-14H2,1-5H3/t16-,17+,18-,19+,20+,21-,24-,25-/m1/s1. The molecule has 4 aliphatic carbocycles. The van der Waals surface area contributed by atoms with Crippen LogP contribution < -0.4 is 0 Å². The molecule has 3 saturated carbocycles. The van der Waals surface area contributed by atoms with Gasteiger partial charge in [-0.1, -0.05) is 39.8 Å². The Balaban J connectivity index is 1.57. The number of esters is 1. The Kier molecular flexibility index (Phi) is 5.03. The fourth-order valence-electron chi connectivity index (χ4n) is 7.87. The van der Waals surface area contributed by atoms with Crippen LogP contribution in [0.25, 0.3) is 0 Å². The molecule has 3 fully saturated rings. The zero-order valence-corrected chi connectivity index (χ0v) is 18.4. The number of ketones is 1. The van der Waals surface area contributed by atoms with E-state index in [1.807, 2.05) is 13.8 Å². The maximum absolute atomic E-state index is 13.1. The van der Waals surface area contributed by atoms with Crippen LogP contribution in [0, 0.1) is 46.3 Å². The van der Waals surface area contributed by atoms with E-state index in [0.29, 0.717) is 29.5 Å². The molecule has 0 N–H and O–H groups in total. The third kappa shape index (κ3) is 2.91. The van der Waals surface area contributed by atoms with Gasteiger partial charge in [-0.15, -0.1) is 0 Å². The van der Waals surface area contributed by atoms with Crippen molar-refractivity contribution in [3.63, 3.8) is 0 Å². The molecule has 156 valence electrons. The molecule has 0 aromatic carbocycles. The first-order valence-electron chi connectivity index (χ1n) is 11.6. The normalized spacial score (nSPS) is 45.9. The van der Waals surface area contributed by atoms with E-state index in [4.69, 9.17) is 4.74 Å². The number of allylic oxidation sites excluding steroid dienone is 2. The smallest absolute Gasteiger partial charge is 0.308 e. The van der Waals surface area contributed by atoms with E-state index in [1.165, 1.54) is 19.3 Å². The monoisotopic (exact) mass is 386 g/mol. The van der Waals surface area contributed by atoms with Crippen LogP contribution in [-0.2, 0) is 14.3 Å². The van der Waals surface area contributed by atoms with Crippen LogP contribution in [0.2, 0.25) is 0 Å². The topological polar surface area (TPSA) is 43.4 Å². The van der Waals surface area contributed by atoms with E-state index in [-0.39, 0.29) is 34.7 Å².